The summed E-state index contributed by atoms with van der Waals surface area (Å²) < 4.78 is 24.7. The van der Waals surface area contributed by atoms with Gasteiger partial charge in [-0.3, -0.25) is 9.69 Å². The number of nitrogens with zero attached hydrogens (tertiary/aromatic N) is 2. The Morgan fingerprint density at radius 2 is 1.86 bits per heavy atom. The minimum Gasteiger partial charge on any atom is -0.494 e. The fourth-order valence-corrected chi connectivity index (χ4v) is 5.65. The van der Waals surface area contributed by atoms with Gasteiger partial charge in [-0.2, -0.15) is 0 Å². The van der Waals surface area contributed by atoms with Crippen molar-refractivity contribution in [3.63, 3.8) is 0 Å². The lowest BCUT2D eigenvalue weighted by Gasteiger charge is -2.34. The standard InChI is InChI=1S/C29H39FN2O4/c1-21(24-7-10-27(30)28(19-24)35-2)17-22-3-4-25(18-22)23-5-8-26(9-6-23)36-20-29(34)32-13-11-31(12-14-32)15-16-33/h5-10,19,21-22,25,33H,3-4,11-18,20H2,1-2H3/t21-,22+,25+/m0/s1. The van der Waals surface area contributed by atoms with E-state index in [1.54, 1.807) is 0 Å². The molecular formula is C29H39FN2O4. The highest BCUT2D eigenvalue weighted by Crippen LogP contribution is 2.43. The molecule has 1 saturated carbocycles. The van der Waals surface area contributed by atoms with Crippen molar-refractivity contribution in [3.8, 4) is 11.5 Å². The van der Waals surface area contributed by atoms with E-state index in [9.17, 15) is 9.18 Å². The number of aliphatic hydroxyl groups is 1. The maximum Gasteiger partial charge on any atom is 0.260 e. The summed E-state index contributed by atoms with van der Waals surface area (Å²) in [5.74, 6) is 2.27. The number of rotatable bonds is 10. The molecule has 36 heavy (non-hydrogen) atoms. The minimum absolute atomic E-state index is 0.00857. The molecule has 2 aromatic carbocycles. The van der Waals surface area contributed by atoms with Crippen molar-refractivity contribution in [3.05, 3.63) is 59.4 Å². The van der Waals surface area contributed by atoms with Gasteiger partial charge in [0, 0.05) is 32.7 Å². The molecule has 2 fully saturated rings. The molecule has 1 saturated heterocycles. The Bertz CT molecular complexity index is 991. The molecule has 196 valence electrons. The van der Waals surface area contributed by atoms with Crippen LogP contribution in [0.3, 0.4) is 0 Å². The second kappa shape index (κ2) is 12.5. The Labute approximate surface area is 214 Å². The lowest BCUT2D eigenvalue weighted by molar-refractivity contribution is -0.135. The second-order valence-corrected chi connectivity index (χ2v) is 10.2. The molecule has 3 atom stereocenters. The molecule has 7 heteroatoms. The molecule has 4 rings (SSSR count). The third kappa shape index (κ3) is 6.77. The molecule has 1 aliphatic heterocycles. The number of hydrogen-bond acceptors (Lipinski definition) is 5. The van der Waals surface area contributed by atoms with Crippen molar-refractivity contribution in [2.45, 2.75) is 44.4 Å². The monoisotopic (exact) mass is 498 g/mol. The lowest BCUT2D eigenvalue weighted by Crippen LogP contribution is -2.50. The van der Waals surface area contributed by atoms with Crippen LogP contribution in [0.25, 0.3) is 0 Å². The largest absolute Gasteiger partial charge is 0.494 e. The van der Waals surface area contributed by atoms with Crippen LogP contribution in [0, 0.1) is 11.7 Å². The zero-order chi connectivity index (χ0) is 25.5. The molecule has 1 heterocycles. The Hall–Kier alpha value is -2.64. The van der Waals surface area contributed by atoms with Gasteiger partial charge in [0.25, 0.3) is 5.91 Å². The van der Waals surface area contributed by atoms with Crippen LogP contribution >= 0.6 is 0 Å². The molecule has 0 aromatic heterocycles. The Balaban J connectivity index is 1.22. The van der Waals surface area contributed by atoms with Gasteiger partial charge in [-0.15, -0.1) is 0 Å². The maximum absolute atomic E-state index is 13.8. The molecule has 6 nitrogen and oxygen atoms in total. The average Bonchev–Trinajstić information content (AvgIpc) is 3.37. The summed E-state index contributed by atoms with van der Waals surface area (Å²) in [6.07, 6.45) is 4.61. The third-order valence-electron chi connectivity index (χ3n) is 7.83. The molecule has 1 aliphatic carbocycles. The first-order valence-corrected chi connectivity index (χ1v) is 13.1. The third-order valence-corrected chi connectivity index (χ3v) is 7.83. The fraction of sp³-hybridized carbons (Fsp3) is 0.552. The molecule has 0 radical (unpaired) electrons. The van der Waals surface area contributed by atoms with Gasteiger partial charge in [-0.1, -0.05) is 25.1 Å². The van der Waals surface area contributed by atoms with Crippen LogP contribution < -0.4 is 9.47 Å². The number of benzene rings is 2. The Kier molecular flexibility index (Phi) is 9.21. The van der Waals surface area contributed by atoms with Crippen LogP contribution in [0.1, 0.15) is 55.6 Å². The number of hydrogen-bond donors (Lipinski definition) is 1. The summed E-state index contributed by atoms with van der Waals surface area (Å²) in [6.45, 7) is 6.02. The number of methoxy groups -OCH3 is 1. The zero-order valence-corrected chi connectivity index (χ0v) is 21.5. The van der Waals surface area contributed by atoms with Gasteiger partial charge in [0.1, 0.15) is 5.75 Å². The van der Waals surface area contributed by atoms with E-state index < -0.39 is 0 Å². The number of carbonyl (C=O) groups excluding carboxylic acids is 1. The van der Waals surface area contributed by atoms with E-state index in [1.807, 2.05) is 29.2 Å². The summed E-state index contributed by atoms with van der Waals surface area (Å²) in [5.41, 5.74) is 2.45. The number of ether oxygens (including phenoxy) is 2. The maximum atomic E-state index is 13.8. The number of piperazine rings is 1. The predicted molar refractivity (Wildman–Crippen MR) is 138 cm³/mol. The van der Waals surface area contributed by atoms with Crippen LogP contribution in [0.15, 0.2) is 42.5 Å². The van der Waals surface area contributed by atoms with Crippen LogP contribution in [0.5, 0.6) is 11.5 Å². The molecule has 0 spiro atoms. The van der Waals surface area contributed by atoms with Gasteiger partial charge in [-0.05, 0) is 78.8 Å². The highest BCUT2D eigenvalue weighted by molar-refractivity contribution is 5.77. The molecule has 0 bridgehead atoms. The van der Waals surface area contributed by atoms with Crippen molar-refractivity contribution >= 4 is 5.91 Å². The van der Waals surface area contributed by atoms with Gasteiger partial charge in [0.2, 0.25) is 0 Å². The molecule has 1 amide bonds. The SMILES string of the molecule is COc1cc([C@@H](C)C[C@H]2CC[C@@H](c3ccc(OCC(=O)N4CCN(CCO)CC4)cc3)C2)ccc1F. The minimum atomic E-state index is -0.316. The summed E-state index contributed by atoms with van der Waals surface area (Å²) in [4.78, 5) is 16.5. The molecular weight excluding hydrogens is 459 g/mol. The Morgan fingerprint density at radius 1 is 1.11 bits per heavy atom. The van der Waals surface area contributed by atoms with Crippen molar-refractivity contribution in [2.24, 2.45) is 5.92 Å². The average molecular weight is 499 g/mol. The van der Waals surface area contributed by atoms with E-state index in [4.69, 9.17) is 14.6 Å². The summed E-state index contributed by atoms with van der Waals surface area (Å²) in [7, 11) is 1.51. The van der Waals surface area contributed by atoms with E-state index in [0.717, 1.165) is 37.2 Å². The summed E-state index contributed by atoms with van der Waals surface area (Å²) >= 11 is 0. The molecule has 0 unspecified atom stereocenters. The predicted octanol–water partition coefficient (Wildman–Crippen LogP) is 4.43. The molecule has 1 N–H and O–H groups in total. The second-order valence-electron chi connectivity index (χ2n) is 10.2. The van der Waals surface area contributed by atoms with E-state index in [-0.39, 0.29) is 24.9 Å². The smallest absolute Gasteiger partial charge is 0.260 e. The van der Waals surface area contributed by atoms with Crippen LogP contribution in [-0.4, -0.2) is 73.9 Å². The van der Waals surface area contributed by atoms with Crippen molar-refractivity contribution in [2.75, 3.05) is 53.0 Å². The topological polar surface area (TPSA) is 62.2 Å². The lowest BCUT2D eigenvalue weighted by atomic mass is 9.88. The van der Waals surface area contributed by atoms with Gasteiger partial charge in [-0.25, -0.2) is 4.39 Å². The summed E-state index contributed by atoms with van der Waals surface area (Å²) in [5, 5.41) is 9.05. The van der Waals surface area contributed by atoms with E-state index >= 15 is 0 Å². The quantitative estimate of drug-likeness (QED) is 0.525. The number of aliphatic hydroxyl groups excluding tert-OH is 1. The zero-order valence-electron chi connectivity index (χ0n) is 21.5. The van der Waals surface area contributed by atoms with Crippen molar-refractivity contribution in [1.82, 2.24) is 9.80 Å². The van der Waals surface area contributed by atoms with Crippen molar-refractivity contribution in [1.29, 1.82) is 0 Å². The molecule has 2 aliphatic rings. The number of carbonyl (C=O) groups is 1. The number of halogens is 1. The van der Waals surface area contributed by atoms with Crippen molar-refractivity contribution < 1.29 is 23.8 Å². The fourth-order valence-electron chi connectivity index (χ4n) is 5.65. The normalized spacial score (nSPS) is 21.4. The first kappa shape index (κ1) is 26.4. The Morgan fingerprint density at radius 3 is 2.56 bits per heavy atom. The summed E-state index contributed by atoms with van der Waals surface area (Å²) in [6, 6.07) is 13.4. The van der Waals surface area contributed by atoms with E-state index in [2.05, 4.69) is 24.0 Å². The van der Waals surface area contributed by atoms with Gasteiger partial charge >= 0.3 is 0 Å². The van der Waals surface area contributed by atoms with Gasteiger partial charge in [0.15, 0.2) is 18.2 Å². The first-order valence-electron chi connectivity index (χ1n) is 13.1. The van der Waals surface area contributed by atoms with Crippen LogP contribution in [0.2, 0.25) is 0 Å². The number of amides is 1. The van der Waals surface area contributed by atoms with E-state index in [1.165, 1.54) is 31.6 Å². The van der Waals surface area contributed by atoms with Crippen LogP contribution in [0.4, 0.5) is 4.39 Å². The number of β-amino-alcohol motifs (C(OH)–C–C–N with tert-alkyl or cyclic N) is 1. The van der Waals surface area contributed by atoms with E-state index in [0.29, 0.717) is 43.1 Å². The van der Waals surface area contributed by atoms with Crippen LogP contribution in [-0.2, 0) is 4.79 Å². The van der Waals surface area contributed by atoms with Gasteiger partial charge < -0.3 is 19.5 Å². The molecule has 2 aromatic rings. The van der Waals surface area contributed by atoms with Gasteiger partial charge in [0.05, 0.1) is 13.7 Å². The first-order chi connectivity index (χ1) is 17.5. The highest BCUT2D eigenvalue weighted by atomic mass is 19.1. The highest BCUT2D eigenvalue weighted by Gasteiger charge is 2.28.